The third-order valence-corrected chi connectivity index (χ3v) is 3.82. The van der Waals surface area contributed by atoms with Crippen LogP contribution in [0.15, 0.2) is 12.3 Å². The summed E-state index contributed by atoms with van der Waals surface area (Å²) in [6.45, 7) is 3.07. The first kappa shape index (κ1) is 12.6. The molecule has 0 bridgehead atoms. The van der Waals surface area contributed by atoms with Crippen molar-refractivity contribution in [3.63, 3.8) is 0 Å². The predicted molar refractivity (Wildman–Crippen MR) is 67.8 cm³/mol. The molecule has 0 saturated heterocycles. The predicted octanol–water partition coefficient (Wildman–Crippen LogP) is 2.03. The van der Waals surface area contributed by atoms with Gasteiger partial charge in [0.15, 0.2) is 0 Å². The molecular formula is C13H23N3O. The Kier molecular flexibility index (Phi) is 3.84. The largest absolute Gasteiger partial charge is 0.376 e. The SMILES string of the molecule is CCNC(c1ccn(C)n1)C1(OC)CCCC1. The van der Waals surface area contributed by atoms with Gasteiger partial charge in [-0.3, -0.25) is 4.68 Å². The summed E-state index contributed by atoms with van der Waals surface area (Å²) in [6, 6.07) is 2.30. The Morgan fingerprint density at radius 3 is 2.71 bits per heavy atom. The lowest BCUT2D eigenvalue weighted by molar-refractivity contribution is -0.0376. The van der Waals surface area contributed by atoms with E-state index in [-0.39, 0.29) is 11.6 Å². The van der Waals surface area contributed by atoms with E-state index in [2.05, 4.69) is 23.4 Å². The first-order valence-corrected chi connectivity index (χ1v) is 6.50. The maximum Gasteiger partial charge on any atom is 0.0888 e. The van der Waals surface area contributed by atoms with Crippen molar-refractivity contribution in [1.82, 2.24) is 15.1 Å². The average Bonchev–Trinajstić information content (AvgIpc) is 2.95. The van der Waals surface area contributed by atoms with E-state index in [0.717, 1.165) is 25.1 Å². The van der Waals surface area contributed by atoms with Gasteiger partial charge in [0.2, 0.25) is 0 Å². The van der Waals surface area contributed by atoms with Gasteiger partial charge in [-0.15, -0.1) is 0 Å². The summed E-state index contributed by atoms with van der Waals surface area (Å²) in [5.74, 6) is 0. The number of ether oxygens (including phenoxy) is 1. The lowest BCUT2D eigenvalue weighted by Crippen LogP contribution is -2.43. The summed E-state index contributed by atoms with van der Waals surface area (Å²) >= 11 is 0. The van der Waals surface area contributed by atoms with Crippen LogP contribution in [-0.4, -0.2) is 29.0 Å². The molecule has 1 unspecified atom stereocenters. The molecule has 4 nitrogen and oxygen atoms in total. The van der Waals surface area contributed by atoms with Gasteiger partial charge in [0.05, 0.1) is 17.3 Å². The summed E-state index contributed by atoms with van der Waals surface area (Å²) < 4.78 is 7.72. The van der Waals surface area contributed by atoms with Crippen LogP contribution in [0.5, 0.6) is 0 Å². The Morgan fingerprint density at radius 1 is 1.53 bits per heavy atom. The van der Waals surface area contributed by atoms with Gasteiger partial charge < -0.3 is 10.1 Å². The highest BCUT2D eigenvalue weighted by Gasteiger charge is 2.43. The molecule has 0 aliphatic heterocycles. The van der Waals surface area contributed by atoms with Crippen molar-refractivity contribution in [1.29, 1.82) is 0 Å². The van der Waals surface area contributed by atoms with Crippen molar-refractivity contribution < 1.29 is 4.74 Å². The molecule has 17 heavy (non-hydrogen) atoms. The minimum atomic E-state index is -0.0651. The topological polar surface area (TPSA) is 39.1 Å². The number of likely N-dealkylation sites (N-methyl/N-ethyl adjacent to an activating group) is 1. The third kappa shape index (κ3) is 2.38. The Balaban J connectivity index is 2.27. The van der Waals surface area contributed by atoms with E-state index in [1.807, 2.05) is 25.0 Å². The van der Waals surface area contributed by atoms with Crippen LogP contribution in [0.25, 0.3) is 0 Å². The molecule has 2 rings (SSSR count). The summed E-state index contributed by atoms with van der Waals surface area (Å²) in [5.41, 5.74) is 1.03. The van der Waals surface area contributed by atoms with E-state index in [1.165, 1.54) is 12.8 Å². The van der Waals surface area contributed by atoms with Gasteiger partial charge >= 0.3 is 0 Å². The quantitative estimate of drug-likeness (QED) is 0.851. The van der Waals surface area contributed by atoms with Gasteiger partial charge in [0, 0.05) is 20.4 Å². The molecule has 1 aromatic rings. The number of aromatic nitrogens is 2. The summed E-state index contributed by atoms with van der Waals surface area (Å²) in [5, 5.41) is 8.09. The van der Waals surface area contributed by atoms with Crippen molar-refractivity contribution >= 4 is 0 Å². The zero-order valence-electron chi connectivity index (χ0n) is 11.1. The first-order valence-electron chi connectivity index (χ1n) is 6.50. The highest BCUT2D eigenvalue weighted by Crippen LogP contribution is 2.41. The second-order valence-electron chi connectivity index (χ2n) is 4.88. The molecule has 0 aromatic carbocycles. The normalized spacial score (nSPS) is 20.6. The number of nitrogens with zero attached hydrogens (tertiary/aromatic N) is 2. The summed E-state index contributed by atoms with van der Waals surface area (Å²) in [4.78, 5) is 0. The summed E-state index contributed by atoms with van der Waals surface area (Å²) in [6.07, 6.45) is 6.75. The number of rotatable bonds is 5. The molecule has 1 aliphatic rings. The molecule has 1 aromatic heterocycles. The molecule has 1 fully saturated rings. The van der Waals surface area contributed by atoms with Gasteiger partial charge in [-0.1, -0.05) is 19.8 Å². The molecule has 1 N–H and O–H groups in total. The molecule has 0 amide bonds. The smallest absolute Gasteiger partial charge is 0.0888 e. The lowest BCUT2D eigenvalue weighted by atomic mass is 9.89. The van der Waals surface area contributed by atoms with Gasteiger partial charge in [-0.05, 0) is 25.5 Å². The maximum absolute atomic E-state index is 5.87. The second-order valence-corrected chi connectivity index (χ2v) is 4.88. The fraction of sp³-hybridized carbons (Fsp3) is 0.769. The van der Waals surface area contributed by atoms with Crippen molar-refractivity contribution in [3.05, 3.63) is 18.0 Å². The number of aryl methyl sites for hydroxylation is 1. The van der Waals surface area contributed by atoms with E-state index in [0.29, 0.717) is 0 Å². The molecule has 1 atom stereocenters. The molecule has 0 radical (unpaired) electrons. The van der Waals surface area contributed by atoms with Crippen LogP contribution in [0.1, 0.15) is 44.3 Å². The molecule has 1 saturated carbocycles. The third-order valence-electron chi connectivity index (χ3n) is 3.82. The fourth-order valence-electron chi connectivity index (χ4n) is 2.94. The highest BCUT2D eigenvalue weighted by atomic mass is 16.5. The Hall–Kier alpha value is -0.870. The van der Waals surface area contributed by atoms with Crippen LogP contribution in [0, 0.1) is 0 Å². The Morgan fingerprint density at radius 2 is 2.24 bits per heavy atom. The Bertz CT molecular complexity index is 355. The Labute approximate surface area is 103 Å². The number of methoxy groups -OCH3 is 1. The second kappa shape index (κ2) is 5.19. The minimum Gasteiger partial charge on any atom is -0.376 e. The average molecular weight is 237 g/mol. The minimum absolute atomic E-state index is 0.0651. The zero-order chi connectivity index (χ0) is 12.3. The number of hydrogen-bond acceptors (Lipinski definition) is 3. The fourth-order valence-corrected chi connectivity index (χ4v) is 2.94. The highest BCUT2D eigenvalue weighted by molar-refractivity contribution is 5.13. The van der Waals surface area contributed by atoms with E-state index in [9.17, 15) is 0 Å². The van der Waals surface area contributed by atoms with Crippen molar-refractivity contribution in [3.8, 4) is 0 Å². The molecule has 0 spiro atoms. The van der Waals surface area contributed by atoms with Crippen LogP contribution in [0.2, 0.25) is 0 Å². The lowest BCUT2D eigenvalue weighted by Gasteiger charge is -2.35. The van der Waals surface area contributed by atoms with Gasteiger partial charge in [0.1, 0.15) is 0 Å². The van der Waals surface area contributed by atoms with Crippen molar-refractivity contribution in [2.75, 3.05) is 13.7 Å². The van der Waals surface area contributed by atoms with E-state index in [4.69, 9.17) is 4.74 Å². The van der Waals surface area contributed by atoms with Crippen LogP contribution in [-0.2, 0) is 11.8 Å². The monoisotopic (exact) mass is 237 g/mol. The van der Waals surface area contributed by atoms with E-state index in [1.54, 1.807) is 0 Å². The molecular weight excluding hydrogens is 214 g/mol. The van der Waals surface area contributed by atoms with E-state index >= 15 is 0 Å². The number of hydrogen-bond donors (Lipinski definition) is 1. The van der Waals surface area contributed by atoms with Crippen LogP contribution < -0.4 is 5.32 Å². The molecule has 1 aliphatic carbocycles. The zero-order valence-corrected chi connectivity index (χ0v) is 11.1. The van der Waals surface area contributed by atoms with Crippen LogP contribution >= 0.6 is 0 Å². The van der Waals surface area contributed by atoms with Crippen LogP contribution in [0.4, 0.5) is 0 Å². The van der Waals surface area contributed by atoms with Crippen molar-refractivity contribution in [2.45, 2.75) is 44.2 Å². The van der Waals surface area contributed by atoms with Gasteiger partial charge in [-0.25, -0.2) is 0 Å². The standard InChI is InChI=1S/C13H23N3O/c1-4-14-12(11-7-10-16(2)15-11)13(17-3)8-5-6-9-13/h7,10,12,14H,4-6,8-9H2,1-3H3. The first-order chi connectivity index (χ1) is 8.22. The van der Waals surface area contributed by atoms with E-state index < -0.39 is 0 Å². The van der Waals surface area contributed by atoms with Crippen molar-refractivity contribution in [2.24, 2.45) is 7.05 Å². The molecule has 96 valence electrons. The molecule has 1 heterocycles. The van der Waals surface area contributed by atoms with Gasteiger partial charge in [-0.2, -0.15) is 5.10 Å². The summed E-state index contributed by atoms with van der Waals surface area (Å²) in [7, 11) is 3.79. The molecule has 4 heteroatoms. The van der Waals surface area contributed by atoms with Crippen LogP contribution in [0.3, 0.4) is 0 Å². The number of nitrogens with one attached hydrogen (secondary N) is 1. The van der Waals surface area contributed by atoms with Gasteiger partial charge in [0.25, 0.3) is 0 Å². The maximum atomic E-state index is 5.87.